The van der Waals surface area contributed by atoms with Crippen molar-refractivity contribution in [3.05, 3.63) is 132 Å². The molecule has 0 unspecified atom stereocenters. The van der Waals surface area contributed by atoms with Crippen molar-refractivity contribution in [1.82, 2.24) is 4.57 Å². The van der Waals surface area contributed by atoms with Crippen molar-refractivity contribution < 1.29 is 14.5 Å². The zero-order valence-electron chi connectivity index (χ0n) is 24.4. The van der Waals surface area contributed by atoms with Crippen molar-refractivity contribution in [2.75, 3.05) is 0 Å². The molecule has 0 spiro atoms. The molecular weight excluding hydrogens is 541 g/mol. The summed E-state index contributed by atoms with van der Waals surface area (Å²) in [6.07, 6.45) is 0. The van der Waals surface area contributed by atoms with Crippen LogP contribution in [0.3, 0.4) is 0 Å². The molecule has 2 heterocycles. The molecule has 210 valence electrons. The second kappa shape index (κ2) is 8.96. The molecule has 44 heavy (non-hydrogen) atoms. The first-order valence-electron chi connectivity index (χ1n) is 15.0. The lowest BCUT2D eigenvalue weighted by Crippen LogP contribution is -2.30. The monoisotopic (exact) mass is 569 g/mol. The van der Waals surface area contributed by atoms with Gasteiger partial charge in [-0.2, -0.15) is 0 Å². The highest BCUT2D eigenvalue weighted by Crippen LogP contribution is 2.51. The molecule has 0 saturated heterocycles. The Morgan fingerprint density at radius 3 is 2.20 bits per heavy atom. The molecule has 5 heteroatoms. The lowest BCUT2D eigenvalue weighted by molar-refractivity contribution is 0.426. The second-order valence-electron chi connectivity index (χ2n) is 12.4. The van der Waals surface area contributed by atoms with E-state index in [0.717, 1.165) is 44.1 Å². The molecule has 0 atom stereocenters. The van der Waals surface area contributed by atoms with E-state index in [4.69, 9.17) is 4.42 Å². The molecule has 0 bridgehead atoms. The van der Waals surface area contributed by atoms with Gasteiger partial charge in [0, 0.05) is 38.2 Å². The third-order valence-electron chi connectivity index (χ3n) is 9.63. The van der Waals surface area contributed by atoms with Gasteiger partial charge >= 0.3 is 7.12 Å². The minimum absolute atomic E-state index is 0.102. The summed E-state index contributed by atoms with van der Waals surface area (Å²) >= 11 is 0. The molecule has 1 aliphatic rings. The SMILES string of the molecule is CC1(C)c2ccccc2-c2cc3c4cc(-c5ccc(B(O)O)c6c5oc5ccccc56)ccc4n(-c4ccccc4)c3cc21. The summed E-state index contributed by atoms with van der Waals surface area (Å²) in [5.41, 5.74) is 12.3. The van der Waals surface area contributed by atoms with Crippen LogP contribution >= 0.6 is 0 Å². The van der Waals surface area contributed by atoms with Crippen LogP contribution in [0.25, 0.3) is 71.7 Å². The van der Waals surface area contributed by atoms with Crippen LogP contribution < -0.4 is 5.46 Å². The Bertz CT molecular complexity index is 2450. The van der Waals surface area contributed by atoms with E-state index in [1.807, 2.05) is 30.3 Å². The number of fused-ring (bicyclic) bond motifs is 9. The van der Waals surface area contributed by atoms with Gasteiger partial charge < -0.3 is 19.0 Å². The first-order chi connectivity index (χ1) is 21.4. The van der Waals surface area contributed by atoms with E-state index in [1.165, 1.54) is 33.2 Å². The second-order valence-corrected chi connectivity index (χ2v) is 12.4. The molecule has 8 aromatic rings. The average Bonchev–Trinajstić information content (AvgIpc) is 3.66. The Labute approximate surface area is 254 Å². The summed E-state index contributed by atoms with van der Waals surface area (Å²) in [6, 6.07) is 42.2. The minimum atomic E-state index is -1.60. The van der Waals surface area contributed by atoms with Gasteiger partial charge in [-0.25, -0.2) is 0 Å². The molecule has 4 nitrogen and oxygen atoms in total. The Hall–Kier alpha value is -5.10. The average molecular weight is 569 g/mol. The molecule has 0 aliphatic heterocycles. The maximum absolute atomic E-state index is 10.2. The van der Waals surface area contributed by atoms with E-state index in [0.29, 0.717) is 11.0 Å². The summed E-state index contributed by atoms with van der Waals surface area (Å²) in [5.74, 6) is 0. The molecule has 0 amide bonds. The van der Waals surface area contributed by atoms with Crippen LogP contribution in [-0.4, -0.2) is 21.7 Å². The van der Waals surface area contributed by atoms with Crippen molar-refractivity contribution in [2.45, 2.75) is 19.3 Å². The molecule has 1 aliphatic carbocycles. The topological polar surface area (TPSA) is 58.5 Å². The van der Waals surface area contributed by atoms with E-state index in [9.17, 15) is 10.0 Å². The number of furan rings is 1. The zero-order valence-corrected chi connectivity index (χ0v) is 24.4. The van der Waals surface area contributed by atoms with E-state index < -0.39 is 7.12 Å². The fourth-order valence-corrected chi connectivity index (χ4v) is 7.53. The number of benzene rings is 6. The predicted octanol–water partition coefficient (Wildman–Crippen LogP) is 8.34. The lowest BCUT2D eigenvalue weighted by Gasteiger charge is -2.21. The van der Waals surface area contributed by atoms with Gasteiger partial charge in [-0.1, -0.05) is 92.7 Å². The van der Waals surface area contributed by atoms with Crippen molar-refractivity contribution in [3.63, 3.8) is 0 Å². The van der Waals surface area contributed by atoms with Crippen molar-refractivity contribution >= 4 is 56.3 Å². The summed E-state index contributed by atoms with van der Waals surface area (Å²) < 4.78 is 8.77. The predicted molar refractivity (Wildman–Crippen MR) is 181 cm³/mol. The molecule has 0 saturated carbocycles. The van der Waals surface area contributed by atoms with Crippen LogP contribution in [0, 0.1) is 0 Å². The highest BCUT2D eigenvalue weighted by atomic mass is 16.4. The molecule has 0 radical (unpaired) electrons. The smallest absolute Gasteiger partial charge is 0.455 e. The Morgan fingerprint density at radius 1 is 0.614 bits per heavy atom. The van der Waals surface area contributed by atoms with Crippen LogP contribution in [0.4, 0.5) is 0 Å². The number of nitrogens with zero attached hydrogens (tertiary/aromatic N) is 1. The molecule has 2 aromatic heterocycles. The number of aromatic nitrogens is 1. The van der Waals surface area contributed by atoms with Crippen LogP contribution in [0.1, 0.15) is 25.0 Å². The fourth-order valence-electron chi connectivity index (χ4n) is 7.53. The summed E-state index contributed by atoms with van der Waals surface area (Å²) in [7, 11) is -1.60. The van der Waals surface area contributed by atoms with Crippen molar-refractivity contribution in [1.29, 1.82) is 0 Å². The van der Waals surface area contributed by atoms with Crippen LogP contribution in [-0.2, 0) is 5.41 Å². The van der Waals surface area contributed by atoms with Gasteiger partial charge in [0.1, 0.15) is 11.2 Å². The van der Waals surface area contributed by atoms with E-state index in [1.54, 1.807) is 6.07 Å². The molecule has 9 rings (SSSR count). The maximum Gasteiger partial charge on any atom is 0.489 e. The van der Waals surface area contributed by atoms with Crippen LogP contribution in [0.2, 0.25) is 0 Å². The van der Waals surface area contributed by atoms with Gasteiger partial charge in [0.25, 0.3) is 0 Å². The first-order valence-corrected chi connectivity index (χ1v) is 15.0. The third kappa shape index (κ3) is 3.37. The Balaban J connectivity index is 1.37. The number of hydrogen-bond acceptors (Lipinski definition) is 3. The first kappa shape index (κ1) is 25.4. The number of hydrogen-bond donors (Lipinski definition) is 2. The van der Waals surface area contributed by atoms with Crippen LogP contribution in [0.5, 0.6) is 0 Å². The van der Waals surface area contributed by atoms with E-state index in [2.05, 4.69) is 103 Å². The molecule has 6 aromatic carbocycles. The zero-order chi connectivity index (χ0) is 29.7. The quantitative estimate of drug-likeness (QED) is 0.210. The van der Waals surface area contributed by atoms with Crippen LogP contribution in [0.15, 0.2) is 126 Å². The van der Waals surface area contributed by atoms with Gasteiger partial charge in [-0.3, -0.25) is 0 Å². The molecule has 2 N–H and O–H groups in total. The van der Waals surface area contributed by atoms with Gasteiger partial charge in [0.15, 0.2) is 0 Å². The highest BCUT2D eigenvalue weighted by molar-refractivity contribution is 6.63. The summed E-state index contributed by atoms with van der Waals surface area (Å²) in [6.45, 7) is 4.64. The Morgan fingerprint density at radius 2 is 1.36 bits per heavy atom. The molecular formula is C39H28BNO3. The Kier molecular flexibility index (Phi) is 5.17. The maximum atomic E-state index is 10.2. The number of rotatable bonds is 3. The van der Waals surface area contributed by atoms with Gasteiger partial charge in [0.2, 0.25) is 0 Å². The van der Waals surface area contributed by atoms with Gasteiger partial charge in [-0.05, 0) is 75.7 Å². The summed E-state index contributed by atoms with van der Waals surface area (Å²) in [4.78, 5) is 0. The fraction of sp³-hybridized carbons (Fsp3) is 0.0769. The highest BCUT2D eigenvalue weighted by Gasteiger charge is 2.36. The lowest BCUT2D eigenvalue weighted by atomic mass is 9.76. The van der Waals surface area contributed by atoms with Gasteiger partial charge in [0.05, 0.1) is 11.0 Å². The minimum Gasteiger partial charge on any atom is -0.455 e. The third-order valence-corrected chi connectivity index (χ3v) is 9.63. The van der Waals surface area contributed by atoms with Crippen molar-refractivity contribution in [3.8, 4) is 27.9 Å². The normalized spacial score (nSPS) is 13.6. The van der Waals surface area contributed by atoms with Crippen molar-refractivity contribution in [2.24, 2.45) is 0 Å². The summed E-state index contributed by atoms with van der Waals surface area (Å²) in [5, 5.41) is 24.4. The van der Waals surface area contributed by atoms with Gasteiger partial charge in [-0.15, -0.1) is 0 Å². The number of para-hydroxylation sites is 2. The molecule has 0 fully saturated rings. The standard InChI is InChI=1S/C39H28BNO3/c1-39(2)31-14-8-6-12-26(31)28-21-30-29-20-23(16-19-34(29)41(35(30)22-32(28)39)24-10-4-3-5-11-24)25-17-18-33(40(42)43)37-27-13-7-9-15-36(27)44-38(25)37/h3-22,42-43H,1-2H3. The van der Waals surface area contributed by atoms with E-state index in [-0.39, 0.29) is 5.41 Å². The van der Waals surface area contributed by atoms with E-state index >= 15 is 0 Å². The largest absolute Gasteiger partial charge is 0.489 e.